The first-order valence-corrected chi connectivity index (χ1v) is 17.6. The highest BCUT2D eigenvalue weighted by Crippen LogP contribution is 2.44. The summed E-state index contributed by atoms with van der Waals surface area (Å²) in [5.74, 6) is 0.172. The second kappa shape index (κ2) is 21.1. The molecule has 12 nitrogen and oxygen atoms in total. The summed E-state index contributed by atoms with van der Waals surface area (Å²) in [5.41, 5.74) is -0.735. The standard InChI is InChI=1S/C30H55N4O8P/c1-4-5-6-7-8-9-10-11-12-13-14-15-16-17-18-19-22-40-43(38,39)41-23-25-27(35)28(36)29(42-25)34-21-20-26(32-30(34)37)31-24-33(2)3/h20-21,24-25,27-29,35-36H,4-19,22-23H2,1-3H3,(H,38,39)/t25-,27+,28?,29-/m1/s1. The summed E-state index contributed by atoms with van der Waals surface area (Å²) in [5, 5.41) is 20.8. The quantitative estimate of drug-likeness (QED) is 0.0579. The molecule has 5 atom stereocenters. The topological polar surface area (TPSA) is 156 Å². The van der Waals surface area contributed by atoms with E-state index in [2.05, 4.69) is 16.9 Å². The lowest BCUT2D eigenvalue weighted by Crippen LogP contribution is -2.36. The lowest BCUT2D eigenvalue weighted by atomic mass is 10.0. The highest BCUT2D eigenvalue weighted by molar-refractivity contribution is 7.47. The molecule has 0 spiro atoms. The molecule has 2 rings (SSSR count). The van der Waals surface area contributed by atoms with Crippen molar-refractivity contribution in [3.63, 3.8) is 0 Å². The van der Waals surface area contributed by atoms with Crippen LogP contribution in [0.1, 0.15) is 116 Å². The molecular weight excluding hydrogens is 575 g/mol. The molecule has 1 aliphatic heterocycles. The summed E-state index contributed by atoms with van der Waals surface area (Å²) in [4.78, 5) is 32.0. The van der Waals surface area contributed by atoms with Crippen LogP contribution in [0.5, 0.6) is 0 Å². The molecule has 0 amide bonds. The van der Waals surface area contributed by atoms with Crippen molar-refractivity contribution in [3.05, 3.63) is 22.7 Å². The molecule has 1 fully saturated rings. The zero-order valence-electron chi connectivity index (χ0n) is 26.4. The number of hydrogen-bond acceptors (Lipinski definition) is 9. The van der Waals surface area contributed by atoms with Gasteiger partial charge in [0.25, 0.3) is 0 Å². The summed E-state index contributed by atoms with van der Waals surface area (Å²) < 4.78 is 29.0. The number of phosphoric ester groups is 1. The van der Waals surface area contributed by atoms with E-state index in [1.165, 1.54) is 95.7 Å². The Morgan fingerprint density at radius 3 is 1.98 bits per heavy atom. The van der Waals surface area contributed by atoms with E-state index in [4.69, 9.17) is 13.8 Å². The first-order chi connectivity index (χ1) is 20.6. The van der Waals surface area contributed by atoms with Crippen molar-refractivity contribution in [3.8, 4) is 0 Å². The molecule has 0 aliphatic carbocycles. The Balaban J connectivity index is 1.55. The molecular formula is C30H55N4O8P. The van der Waals surface area contributed by atoms with Gasteiger partial charge in [-0.3, -0.25) is 13.6 Å². The molecule has 1 aromatic heterocycles. The van der Waals surface area contributed by atoms with E-state index in [1.807, 2.05) is 0 Å². The third-order valence-corrected chi connectivity index (χ3v) is 8.49. The maximum atomic E-state index is 12.4. The largest absolute Gasteiger partial charge is 0.472 e. The van der Waals surface area contributed by atoms with Crippen molar-refractivity contribution in [2.24, 2.45) is 4.99 Å². The Hall–Kier alpha value is -1.66. The number of aliphatic hydroxyl groups is 2. The van der Waals surface area contributed by atoms with Gasteiger partial charge in [0.15, 0.2) is 12.0 Å². The van der Waals surface area contributed by atoms with E-state index in [0.29, 0.717) is 6.42 Å². The van der Waals surface area contributed by atoms with E-state index >= 15 is 0 Å². The normalized spacial score (nSPS) is 21.9. The Morgan fingerprint density at radius 2 is 1.47 bits per heavy atom. The molecule has 0 radical (unpaired) electrons. The average molecular weight is 631 g/mol. The van der Waals surface area contributed by atoms with Gasteiger partial charge < -0.3 is 24.7 Å². The van der Waals surface area contributed by atoms with Crippen LogP contribution in [0, 0.1) is 0 Å². The second-order valence-corrected chi connectivity index (χ2v) is 13.1. The Bertz CT molecular complexity index is 1020. The average Bonchev–Trinajstić information content (AvgIpc) is 3.25. The van der Waals surface area contributed by atoms with E-state index in [1.54, 1.807) is 19.0 Å². The molecule has 1 aliphatic rings. The molecule has 248 valence electrons. The Kier molecular flexibility index (Phi) is 18.5. The fourth-order valence-electron chi connectivity index (χ4n) is 4.98. The highest BCUT2D eigenvalue weighted by Gasteiger charge is 2.45. The van der Waals surface area contributed by atoms with Crippen LogP contribution in [0.25, 0.3) is 0 Å². The fourth-order valence-corrected chi connectivity index (χ4v) is 5.75. The minimum Gasteiger partial charge on any atom is -0.387 e. The van der Waals surface area contributed by atoms with Crippen molar-refractivity contribution in [1.29, 1.82) is 0 Å². The maximum Gasteiger partial charge on any atom is 0.472 e. The third-order valence-electron chi connectivity index (χ3n) is 7.50. The van der Waals surface area contributed by atoms with Crippen molar-refractivity contribution in [1.82, 2.24) is 14.5 Å². The molecule has 2 heterocycles. The van der Waals surface area contributed by atoms with Gasteiger partial charge in [-0.2, -0.15) is 4.98 Å². The molecule has 43 heavy (non-hydrogen) atoms. The first-order valence-electron chi connectivity index (χ1n) is 16.1. The molecule has 0 saturated carbocycles. The number of hydrogen-bond donors (Lipinski definition) is 3. The van der Waals surface area contributed by atoms with Gasteiger partial charge in [-0.25, -0.2) is 14.4 Å². The summed E-state index contributed by atoms with van der Waals surface area (Å²) in [6, 6.07) is 1.46. The number of aromatic nitrogens is 2. The van der Waals surface area contributed by atoms with E-state index in [-0.39, 0.29) is 12.4 Å². The third kappa shape index (κ3) is 15.3. The van der Waals surface area contributed by atoms with E-state index < -0.39 is 44.7 Å². The van der Waals surface area contributed by atoms with Crippen molar-refractivity contribution < 1.29 is 33.5 Å². The zero-order valence-corrected chi connectivity index (χ0v) is 27.3. The van der Waals surface area contributed by atoms with Gasteiger partial charge in [0, 0.05) is 20.3 Å². The summed E-state index contributed by atoms with van der Waals surface area (Å²) in [6.45, 7) is 1.83. The van der Waals surface area contributed by atoms with Crippen LogP contribution in [0.3, 0.4) is 0 Å². The van der Waals surface area contributed by atoms with Crippen LogP contribution in [0.2, 0.25) is 0 Å². The van der Waals surface area contributed by atoms with Crippen LogP contribution in [0.4, 0.5) is 5.82 Å². The Morgan fingerprint density at radius 1 is 0.930 bits per heavy atom. The first kappa shape index (κ1) is 37.5. The van der Waals surface area contributed by atoms with E-state index in [0.717, 1.165) is 23.8 Å². The number of ether oxygens (including phenoxy) is 1. The molecule has 0 bridgehead atoms. The number of nitrogens with zero attached hydrogens (tertiary/aromatic N) is 4. The lowest BCUT2D eigenvalue weighted by Gasteiger charge is -2.18. The highest BCUT2D eigenvalue weighted by atomic mass is 31.2. The number of unbranched alkanes of at least 4 members (excludes halogenated alkanes) is 15. The van der Waals surface area contributed by atoms with Crippen LogP contribution in [-0.2, 0) is 18.3 Å². The molecule has 3 N–H and O–H groups in total. The number of phosphoric acid groups is 1. The van der Waals surface area contributed by atoms with Gasteiger partial charge in [-0.15, -0.1) is 0 Å². The predicted octanol–water partition coefficient (Wildman–Crippen LogP) is 5.48. The molecule has 1 aromatic rings. The predicted molar refractivity (Wildman–Crippen MR) is 168 cm³/mol. The van der Waals surface area contributed by atoms with Crippen LogP contribution < -0.4 is 5.69 Å². The summed E-state index contributed by atoms with van der Waals surface area (Å²) >= 11 is 0. The minimum atomic E-state index is -4.38. The van der Waals surface area contributed by atoms with Gasteiger partial charge in [-0.05, 0) is 12.5 Å². The van der Waals surface area contributed by atoms with E-state index in [9.17, 15) is 24.5 Å². The number of rotatable bonds is 24. The van der Waals surface area contributed by atoms with Gasteiger partial charge in [0.1, 0.15) is 18.3 Å². The van der Waals surface area contributed by atoms with Gasteiger partial charge in [0.05, 0.1) is 19.6 Å². The van der Waals surface area contributed by atoms with Crippen molar-refractivity contribution >= 4 is 20.0 Å². The van der Waals surface area contributed by atoms with Gasteiger partial charge in [0.2, 0.25) is 0 Å². The summed E-state index contributed by atoms with van der Waals surface area (Å²) in [6.07, 6.45) is 17.3. The number of aliphatic hydroxyl groups excluding tert-OH is 2. The van der Waals surface area contributed by atoms with Gasteiger partial charge >= 0.3 is 13.5 Å². The van der Waals surface area contributed by atoms with Crippen LogP contribution in [-0.4, -0.2) is 81.5 Å². The van der Waals surface area contributed by atoms with Crippen molar-refractivity contribution in [2.45, 2.75) is 134 Å². The summed E-state index contributed by atoms with van der Waals surface area (Å²) in [7, 11) is -0.833. The lowest BCUT2D eigenvalue weighted by molar-refractivity contribution is -0.0551. The zero-order chi connectivity index (χ0) is 31.5. The molecule has 13 heteroatoms. The minimum absolute atomic E-state index is 0.0786. The smallest absolute Gasteiger partial charge is 0.387 e. The molecule has 2 unspecified atom stereocenters. The SMILES string of the molecule is CCCCCCCCCCCCCCCCCCOP(=O)(O)OC[C@H]1O[C@@H](n2ccc(N=CN(C)C)nc2=O)C(O)[C@H]1O. The molecule has 1 saturated heterocycles. The van der Waals surface area contributed by atoms with Crippen LogP contribution >= 0.6 is 7.82 Å². The Labute approximate surface area is 257 Å². The van der Waals surface area contributed by atoms with Crippen LogP contribution in [0.15, 0.2) is 22.1 Å². The van der Waals surface area contributed by atoms with Crippen molar-refractivity contribution in [2.75, 3.05) is 27.3 Å². The second-order valence-electron chi connectivity index (χ2n) is 11.6. The maximum absolute atomic E-state index is 12.4. The monoisotopic (exact) mass is 630 g/mol. The molecule has 0 aromatic carbocycles. The number of aliphatic imine (C=N–C) groups is 1. The van der Waals surface area contributed by atoms with Gasteiger partial charge in [-0.1, -0.05) is 103 Å². The fraction of sp³-hybridized carbons (Fsp3) is 0.833.